The minimum Gasteiger partial charge on any atom is -0.317 e. The predicted octanol–water partition coefficient (Wildman–Crippen LogP) is -0.831. The molecule has 0 aliphatic carbocycles. The Balaban J connectivity index is 2.11. The highest BCUT2D eigenvalue weighted by molar-refractivity contribution is 7.87. The van der Waals surface area contributed by atoms with Crippen LogP contribution in [0.25, 0.3) is 0 Å². The van der Waals surface area contributed by atoms with Gasteiger partial charge in [0.15, 0.2) is 0 Å². The molecule has 5 nitrogen and oxygen atoms in total. The zero-order valence-electron chi connectivity index (χ0n) is 7.62. The average molecular weight is 207 g/mol. The molecule has 0 aromatic carbocycles. The lowest BCUT2D eigenvalue weighted by Gasteiger charge is -2.22. The molecule has 0 aromatic rings. The van der Waals surface area contributed by atoms with Crippen molar-refractivity contribution in [1.82, 2.24) is 10.0 Å². The number of nitrogens with one attached hydrogen (secondary N) is 2. The van der Waals surface area contributed by atoms with E-state index in [1.54, 1.807) is 0 Å². The molecular weight excluding hydrogens is 190 g/mol. The molecule has 0 saturated carbocycles. The molecule has 1 rings (SSSR count). The van der Waals surface area contributed by atoms with Crippen molar-refractivity contribution in [2.45, 2.75) is 19.3 Å². The Morgan fingerprint density at radius 3 is 2.54 bits per heavy atom. The van der Waals surface area contributed by atoms with Gasteiger partial charge >= 0.3 is 0 Å². The maximum absolute atomic E-state index is 10.5. The van der Waals surface area contributed by atoms with Crippen molar-refractivity contribution in [2.24, 2.45) is 11.1 Å². The van der Waals surface area contributed by atoms with Gasteiger partial charge in [-0.25, -0.2) is 9.86 Å². The van der Waals surface area contributed by atoms with Crippen molar-refractivity contribution in [3.05, 3.63) is 0 Å². The molecular formula is C7H17N3O2S. The second kappa shape index (κ2) is 4.90. The van der Waals surface area contributed by atoms with Crippen molar-refractivity contribution in [3.63, 3.8) is 0 Å². The van der Waals surface area contributed by atoms with Gasteiger partial charge in [0.05, 0.1) is 0 Å². The molecule has 0 unspecified atom stereocenters. The Bertz CT molecular complexity index is 234. The quantitative estimate of drug-likeness (QED) is 0.562. The van der Waals surface area contributed by atoms with Gasteiger partial charge in [0, 0.05) is 6.54 Å². The molecule has 0 bridgehead atoms. The fourth-order valence-electron chi connectivity index (χ4n) is 1.58. The van der Waals surface area contributed by atoms with Crippen LogP contribution < -0.4 is 15.2 Å². The summed E-state index contributed by atoms with van der Waals surface area (Å²) in [6, 6.07) is 0. The van der Waals surface area contributed by atoms with E-state index < -0.39 is 10.2 Å². The molecule has 13 heavy (non-hydrogen) atoms. The van der Waals surface area contributed by atoms with E-state index in [1.165, 1.54) is 0 Å². The van der Waals surface area contributed by atoms with Gasteiger partial charge in [0.2, 0.25) is 0 Å². The fourth-order valence-corrected chi connectivity index (χ4v) is 1.98. The summed E-state index contributed by atoms with van der Waals surface area (Å²) in [5, 5.41) is 8.06. The van der Waals surface area contributed by atoms with Crippen molar-refractivity contribution in [2.75, 3.05) is 19.6 Å². The number of hydrogen-bond donors (Lipinski definition) is 3. The van der Waals surface area contributed by atoms with E-state index in [2.05, 4.69) is 10.0 Å². The first-order valence-electron chi connectivity index (χ1n) is 4.56. The molecule has 6 heteroatoms. The van der Waals surface area contributed by atoms with E-state index in [4.69, 9.17) is 5.14 Å². The van der Waals surface area contributed by atoms with E-state index in [0.717, 1.165) is 32.4 Å². The summed E-state index contributed by atoms with van der Waals surface area (Å²) in [6.45, 7) is 2.55. The molecule has 0 amide bonds. The largest absolute Gasteiger partial charge is 0.317 e. The van der Waals surface area contributed by atoms with Gasteiger partial charge in [-0.1, -0.05) is 0 Å². The molecule has 0 atom stereocenters. The molecule has 1 aliphatic heterocycles. The first-order chi connectivity index (χ1) is 6.08. The summed E-state index contributed by atoms with van der Waals surface area (Å²) in [4.78, 5) is 0. The second-order valence-corrected chi connectivity index (χ2v) is 4.80. The first kappa shape index (κ1) is 10.9. The van der Waals surface area contributed by atoms with Gasteiger partial charge in [0.1, 0.15) is 0 Å². The van der Waals surface area contributed by atoms with Crippen LogP contribution in [0.1, 0.15) is 19.3 Å². The third kappa shape index (κ3) is 5.20. The normalized spacial score (nSPS) is 20.4. The van der Waals surface area contributed by atoms with Crippen LogP contribution in [0.4, 0.5) is 0 Å². The highest BCUT2D eigenvalue weighted by Crippen LogP contribution is 2.14. The van der Waals surface area contributed by atoms with Crippen LogP contribution in [0.15, 0.2) is 0 Å². The average Bonchev–Trinajstić information content (AvgIpc) is 2.04. The Kier molecular flexibility index (Phi) is 4.11. The molecule has 1 fully saturated rings. The number of rotatable bonds is 4. The van der Waals surface area contributed by atoms with Crippen LogP contribution in [-0.4, -0.2) is 28.1 Å². The van der Waals surface area contributed by atoms with Crippen LogP contribution in [0.3, 0.4) is 0 Å². The molecule has 0 radical (unpaired) electrons. The van der Waals surface area contributed by atoms with Crippen LogP contribution in [-0.2, 0) is 10.2 Å². The van der Waals surface area contributed by atoms with Gasteiger partial charge in [-0.15, -0.1) is 0 Å². The third-order valence-electron chi connectivity index (χ3n) is 2.31. The van der Waals surface area contributed by atoms with Crippen LogP contribution in [0.2, 0.25) is 0 Å². The third-order valence-corrected chi connectivity index (χ3v) is 2.92. The van der Waals surface area contributed by atoms with Crippen LogP contribution in [0.5, 0.6) is 0 Å². The van der Waals surface area contributed by atoms with Crippen molar-refractivity contribution >= 4 is 10.2 Å². The van der Waals surface area contributed by atoms with Gasteiger partial charge in [0.25, 0.3) is 10.2 Å². The van der Waals surface area contributed by atoms with Crippen molar-refractivity contribution in [1.29, 1.82) is 0 Å². The van der Waals surface area contributed by atoms with Gasteiger partial charge in [-0.3, -0.25) is 0 Å². The summed E-state index contributed by atoms with van der Waals surface area (Å²) in [7, 11) is -3.49. The lowest BCUT2D eigenvalue weighted by molar-refractivity contribution is 0.354. The Hall–Kier alpha value is -0.170. The number of nitrogens with two attached hydrogens (primary N) is 1. The second-order valence-electron chi connectivity index (χ2n) is 3.42. The maximum atomic E-state index is 10.5. The van der Waals surface area contributed by atoms with Gasteiger partial charge in [-0.2, -0.15) is 8.42 Å². The van der Waals surface area contributed by atoms with Crippen LogP contribution >= 0.6 is 0 Å². The molecule has 1 heterocycles. The SMILES string of the molecule is NS(=O)(=O)NCCC1CCNCC1. The van der Waals surface area contributed by atoms with E-state index in [0.29, 0.717) is 12.5 Å². The lowest BCUT2D eigenvalue weighted by Crippen LogP contribution is -2.34. The maximum Gasteiger partial charge on any atom is 0.274 e. The summed E-state index contributed by atoms with van der Waals surface area (Å²) in [6.07, 6.45) is 3.15. The summed E-state index contributed by atoms with van der Waals surface area (Å²) >= 11 is 0. The zero-order valence-corrected chi connectivity index (χ0v) is 8.44. The Morgan fingerprint density at radius 1 is 1.38 bits per heavy atom. The standard InChI is InChI=1S/C7H17N3O2S/c8-13(11,12)10-6-3-7-1-4-9-5-2-7/h7,9-10H,1-6H2,(H2,8,11,12). The minimum absolute atomic E-state index is 0.462. The molecule has 1 saturated heterocycles. The van der Waals surface area contributed by atoms with Crippen molar-refractivity contribution < 1.29 is 8.42 Å². The number of piperidine rings is 1. The summed E-state index contributed by atoms with van der Waals surface area (Å²) in [5.74, 6) is 0.635. The molecule has 78 valence electrons. The van der Waals surface area contributed by atoms with E-state index in [9.17, 15) is 8.42 Å². The number of hydrogen-bond acceptors (Lipinski definition) is 3. The first-order valence-corrected chi connectivity index (χ1v) is 6.10. The minimum atomic E-state index is -3.49. The summed E-state index contributed by atoms with van der Waals surface area (Å²) < 4.78 is 23.4. The molecule has 0 aromatic heterocycles. The fraction of sp³-hybridized carbons (Fsp3) is 1.00. The smallest absolute Gasteiger partial charge is 0.274 e. The molecule has 4 N–H and O–H groups in total. The molecule has 0 spiro atoms. The zero-order chi connectivity index (χ0) is 9.73. The highest BCUT2D eigenvalue weighted by Gasteiger charge is 2.12. The molecule has 1 aliphatic rings. The topological polar surface area (TPSA) is 84.2 Å². The van der Waals surface area contributed by atoms with Crippen molar-refractivity contribution in [3.8, 4) is 0 Å². The van der Waals surface area contributed by atoms with Gasteiger partial charge in [-0.05, 0) is 38.3 Å². The van der Waals surface area contributed by atoms with E-state index >= 15 is 0 Å². The predicted molar refractivity (Wildman–Crippen MR) is 51.3 cm³/mol. The lowest BCUT2D eigenvalue weighted by atomic mass is 9.95. The van der Waals surface area contributed by atoms with E-state index in [1.807, 2.05) is 0 Å². The van der Waals surface area contributed by atoms with Gasteiger partial charge < -0.3 is 5.32 Å². The highest BCUT2D eigenvalue weighted by atomic mass is 32.2. The Morgan fingerprint density at radius 2 is 2.00 bits per heavy atom. The van der Waals surface area contributed by atoms with Crippen LogP contribution in [0, 0.1) is 5.92 Å². The van der Waals surface area contributed by atoms with E-state index in [-0.39, 0.29) is 0 Å². The monoisotopic (exact) mass is 207 g/mol. The summed E-state index contributed by atoms with van der Waals surface area (Å²) in [5.41, 5.74) is 0. The Labute approximate surface area is 79.3 Å².